The van der Waals surface area contributed by atoms with E-state index in [1.807, 2.05) is 49.4 Å². The van der Waals surface area contributed by atoms with Gasteiger partial charge in [-0.1, -0.05) is 35.5 Å². The second kappa shape index (κ2) is 4.15. The van der Waals surface area contributed by atoms with Gasteiger partial charge in [-0.05, 0) is 31.2 Å². The zero-order valence-electron chi connectivity index (χ0n) is 10.8. The Bertz CT molecular complexity index is 899. The lowest BCUT2D eigenvalue weighted by atomic mass is 10.1. The summed E-state index contributed by atoms with van der Waals surface area (Å²) in [6.45, 7) is 2.03. The van der Waals surface area contributed by atoms with Crippen LogP contribution in [0.5, 0.6) is 0 Å². The number of fused-ring (bicyclic) bond motifs is 4. The summed E-state index contributed by atoms with van der Waals surface area (Å²) in [5.74, 6) is 0. The van der Waals surface area contributed by atoms with Gasteiger partial charge in [0.2, 0.25) is 0 Å². The predicted molar refractivity (Wildman–Crippen MR) is 81.1 cm³/mol. The Morgan fingerprint density at radius 1 is 1.15 bits per heavy atom. The van der Waals surface area contributed by atoms with Crippen LogP contribution in [0.2, 0.25) is 0 Å². The number of hydrogen-bond donors (Lipinski definition) is 1. The third-order valence-corrected chi connectivity index (χ3v) is 4.53. The van der Waals surface area contributed by atoms with Crippen LogP contribution in [0.25, 0.3) is 11.0 Å². The molecular formula is C16H11NO2S. The van der Waals surface area contributed by atoms with Crippen molar-refractivity contribution >= 4 is 34.1 Å². The fourth-order valence-corrected chi connectivity index (χ4v) is 3.40. The van der Waals surface area contributed by atoms with Gasteiger partial charge in [0.1, 0.15) is 10.5 Å². The Balaban J connectivity index is 2.05. The lowest BCUT2D eigenvalue weighted by Gasteiger charge is -2.20. The van der Waals surface area contributed by atoms with Gasteiger partial charge < -0.3 is 9.73 Å². The zero-order valence-corrected chi connectivity index (χ0v) is 11.6. The molecular weight excluding hydrogens is 270 g/mol. The van der Waals surface area contributed by atoms with E-state index in [4.69, 9.17) is 4.42 Å². The number of rotatable bonds is 0. The molecule has 20 heavy (non-hydrogen) atoms. The summed E-state index contributed by atoms with van der Waals surface area (Å²) in [6, 6.07) is 13.8. The van der Waals surface area contributed by atoms with Crippen molar-refractivity contribution in [3.8, 4) is 0 Å². The largest absolute Gasteiger partial charge is 0.422 e. The lowest BCUT2D eigenvalue weighted by molar-refractivity contribution is 0.544. The van der Waals surface area contributed by atoms with Crippen molar-refractivity contribution in [2.75, 3.05) is 5.32 Å². The molecule has 2 heterocycles. The first-order chi connectivity index (χ1) is 9.72. The predicted octanol–water partition coefficient (Wildman–Crippen LogP) is 4.31. The van der Waals surface area contributed by atoms with Gasteiger partial charge in [0.15, 0.2) is 0 Å². The molecule has 1 aliphatic rings. The molecule has 0 radical (unpaired) electrons. The fourth-order valence-electron chi connectivity index (χ4n) is 2.42. The van der Waals surface area contributed by atoms with Gasteiger partial charge >= 0.3 is 5.63 Å². The van der Waals surface area contributed by atoms with E-state index in [2.05, 4.69) is 5.32 Å². The number of hydrogen-bond acceptors (Lipinski definition) is 4. The summed E-state index contributed by atoms with van der Waals surface area (Å²) in [6.07, 6.45) is 0. The number of anilines is 2. The molecule has 3 aromatic rings. The summed E-state index contributed by atoms with van der Waals surface area (Å²) in [5.41, 5.74) is 3.34. The minimum absolute atomic E-state index is 0.289. The van der Waals surface area contributed by atoms with E-state index in [1.54, 1.807) is 0 Å². The summed E-state index contributed by atoms with van der Waals surface area (Å²) in [5, 5.41) is 4.32. The first kappa shape index (κ1) is 11.6. The summed E-state index contributed by atoms with van der Waals surface area (Å²) >= 11 is 1.46. The zero-order chi connectivity index (χ0) is 13.7. The highest BCUT2D eigenvalue weighted by atomic mass is 32.2. The average molecular weight is 281 g/mol. The molecule has 4 heteroatoms. The molecule has 0 amide bonds. The second-order valence-electron chi connectivity index (χ2n) is 4.82. The maximum absolute atomic E-state index is 12.1. The normalized spacial score (nSPS) is 12.7. The first-order valence-corrected chi connectivity index (χ1v) is 7.15. The number of aryl methyl sites for hydroxylation is 1. The molecule has 0 bridgehead atoms. The van der Waals surface area contributed by atoms with Gasteiger partial charge in [-0.25, -0.2) is 4.79 Å². The fraction of sp³-hybridized carbons (Fsp3) is 0.0625. The molecule has 4 rings (SSSR count). The summed E-state index contributed by atoms with van der Waals surface area (Å²) in [4.78, 5) is 13.8. The van der Waals surface area contributed by atoms with Crippen LogP contribution in [0.15, 0.2) is 61.5 Å². The van der Waals surface area contributed by atoms with Gasteiger partial charge in [0.05, 0.1) is 11.4 Å². The molecule has 0 spiro atoms. The number of benzene rings is 2. The number of para-hydroxylation sites is 1. The van der Waals surface area contributed by atoms with Crippen LogP contribution in [0.4, 0.5) is 11.4 Å². The Morgan fingerprint density at radius 3 is 2.90 bits per heavy atom. The van der Waals surface area contributed by atoms with E-state index >= 15 is 0 Å². The Kier molecular flexibility index (Phi) is 2.41. The van der Waals surface area contributed by atoms with E-state index < -0.39 is 0 Å². The standard InChI is InChI=1S/C16H11NO2S/c1-9-6-7-12-10(8-9)14-15(16(18)19-12)20-13-5-3-2-4-11(13)17-14/h2-8,17H,1H3. The van der Waals surface area contributed by atoms with Crippen LogP contribution in [0, 0.1) is 6.92 Å². The second-order valence-corrected chi connectivity index (χ2v) is 5.87. The molecule has 1 aromatic heterocycles. The Labute approximate surface area is 119 Å². The number of nitrogens with one attached hydrogen (secondary N) is 1. The van der Waals surface area contributed by atoms with Crippen LogP contribution in [0.3, 0.4) is 0 Å². The molecule has 98 valence electrons. The summed E-state index contributed by atoms with van der Waals surface area (Å²) < 4.78 is 5.41. The van der Waals surface area contributed by atoms with Crippen LogP contribution in [0.1, 0.15) is 5.56 Å². The van der Waals surface area contributed by atoms with Crippen molar-refractivity contribution in [2.45, 2.75) is 16.7 Å². The molecule has 0 atom stereocenters. The van der Waals surface area contributed by atoms with E-state index in [-0.39, 0.29) is 5.63 Å². The van der Waals surface area contributed by atoms with Crippen molar-refractivity contribution in [3.05, 3.63) is 58.4 Å². The molecule has 0 fully saturated rings. The van der Waals surface area contributed by atoms with Crippen molar-refractivity contribution in [3.63, 3.8) is 0 Å². The van der Waals surface area contributed by atoms with Crippen molar-refractivity contribution < 1.29 is 4.42 Å². The van der Waals surface area contributed by atoms with Crippen molar-refractivity contribution in [1.82, 2.24) is 0 Å². The van der Waals surface area contributed by atoms with Gasteiger partial charge in [-0.2, -0.15) is 0 Å². The third-order valence-electron chi connectivity index (χ3n) is 3.38. The maximum atomic E-state index is 12.1. The molecule has 1 aliphatic heterocycles. The molecule has 0 saturated heterocycles. The van der Waals surface area contributed by atoms with Gasteiger partial charge in [-0.15, -0.1) is 0 Å². The maximum Gasteiger partial charge on any atom is 0.352 e. The topological polar surface area (TPSA) is 42.2 Å². The monoisotopic (exact) mass is 281 g/mol. The van der Waals surface area contributed by atoms with Gasteiger partial charge in [0, 0.05) is 10.3 Å². The van der Waals surface area contributed by atoms with Crippen LogP contribution >= 0.6 is 11.8 Å². The van der Waals surface area contributed by atoms with E-state index in [0.29, 0.717) is 10.5 Å². The van der Waals surface area contributed by atoms with Gasteiger partial charge in [-0.3, -0.25) is 0 Å². The molecule has 1 N–H and O–H groups in total. The van der Waals surface area contributed by atoms with Gasteiger partial charge in [0.25, 0.3) is 0 Å². The highest BCUT2D eigenvalue weighted by Crippen LogP contribution is 2.44. The van der Waals surface area contributed by atoms with Crippen molar-refractivity contribution in [2.24, 2.45) is 0 Å². The molecule has 0 unspecified atom stereocenters. The minimum atomic E-state index is -0.289. The van der Waals surface area contributed by atoms with Crippen LogP contribution < -0.4 is 10.9 Å². The highest BCUT2D eigenvalue weighted by Gasteiger charge is 2.22. The van der Waals surface area contributed by atoms with E-state index in [9.17, 15) is 4.79 Å². The Morgan fingerprint density at radius 2 is 2.00 bits per heavy atom. The molecule has 0 aliphatic carbocycles. The lowest BCUT2D eigenvalue weighted by Crippen LogP contribution is -2.10. The first-order valence-electron chi connectivity index (χ1n) is 6.34. The van der Waals surface area contributed by atoms with Crippen LogP contribution in [-0.4, -0.2) is 0 Å². The minimum Gasteiger partial charge on any atom is -0.422 e. The SMILES string of the molecule is Cc1ccc2oc(=O)c3c(c2c1)Nc1ccccc1S3. The molecule has 3 nitrogen and oxygen atoms in total. The highest BCUT2D eigenvalue weighted by molar-refractivity contribution is 7.99. The van der Waals surface area contributed by atoms with Crippen LogP contribution in [-0.2, 0) is 0 Å². The van der Waals surface area contributed by atoms with Crippen molar-refractivity contribution in [1.29, 1.82) is 0 Å². The molecule has 2 aromatic carbocycles. The summed E-state index contributed by atoms with van der Waals surface area (Å²) in [7, 11) is 0. The van der Waals surface area contributed by atoms with E-state index in [1.165, 1.54) is 11.8 Å². The Hall–Kier alpha value is -2.20. The third kappa shape index (κ3) is 1.65. The quantitative estimate of drug-likeness (QED) is 0.488. The average Bonchev–Trinajstić information content (AvgIpc) is 2.47. The van der Waals surface area contributed by atoms with E-state index in [0.717, 1.165) is 27.2 Å². The molecule has 0 saturated carbocycles. The smallest absolute Gasteiger partial charge is 0.352 e.